The van der Waals surface area contributed by atoms with E-state index in [-0.39, 0.29) is 6.61 Å². The lowest BCUT2D eigenvalue weighted by molar-refractivity contribution is -0.159. The Morgan fingerprint density at radius 3 is 2.80 bits per heavy atom. The van der Waals surface area contributed by atoms with Gasteiger partial charge in [0, 0.05) is 13.6 Å². The summed E-state index contributed by atoms with van der Waals surface area (Å²) in [5, 5.41) is 3.87. The van der Waals surface area contributed by atoms with Crippen LogP contribution in [0.3, 0.4) is 0 Å². The quantitative estimate of drug-likeness (QED) is 0.577. The molecule has 0 spiro atoms. The maximum Gasteiger partial charge on any atom is 0.397 e. The topological polar surface area (TPSA) is 46.6 Å². The minimum absolute atomic E-state index is 0.219. The van der Waals surface area contributed by atoms with Crippen molar-refractivity contribution in [1.29, 1.82) is 0 Å². The number of thiophene rings is 1. The van der Waals surface area contributed by atoms with E-state index in [0.29, 0.717) is 6.54 Å². The Morgan fingerprint density at radius 1 is 1.53 bits per heavy atom. The van der Waals surface area contributed by atoms with Gasteiger partial charge in [-0.25, -0.2) is 4.79 Å². The van der Waals surface area contributed by atoms with E-state index < -0.39 is 11.9 Å². The highest BCUT2D eigenvalue weighted by Crippen LogP contribution is 2.08. The van der Waals surface area contributed by atoms with Crippen LogP contribution < -0.4 is 0 Å². The Hall–Kier alpha value is -1.36. The van der Waals surface area contributed by atoms with Gasteiger partial charge in [-0.2, -0.15) is 11.3 Å². The van der Waals surface area contributed by atoms with Gasteiger partial charge in [-0.15, -0.1) is 0 Å². The van der Waals surface area contributed by atoms with Gasteiger partial charge in [0.2, 0.25) is 0 Å². The monoisotopic (exact) mass is 227 g/mol. The van der Waals surface area contributed by atoms with Gasteiger partial charge >= 0.3 is 11.9 Å². The van der Waals surface area contributed by atoms with Crippen molar-refractivity contribution in [2.45, 2.75) is 13.5 Å². The van der Waals surface area contributed by atoms with Gasteiger partial charge in [0.25, 0.3) is 0 Å². The largest absolute Gasteiger partial charge is 0.459 e. The molecule has 0 bridgehead atoms. The lowest BCUT2D eigenvalue weighted by Crippen LogP contribution is -2.34. The number of hydrogen-bond donors (Lipinski definition) is 0. The second kappa shape index (κ2) is 5.50. The summed E-state index contributed by atoms with van der Waals surface area (Å²) in [4.78, 5) is 23.9. The summed E-state index contributed by atoms with van der Waals surface area (Å²) in [6.07, 6.45) is 0. The van der Waals surface area contributed by atoms with E-state index in [1.807, 2.05) is 16.8 Å². The van der Waals surface area contributed by atoms with Crippen LogP contribution in [0, 0.1) is 0 Å². The van der Waals surface area contributed by atoms with E-state index in [2.05, 4.69) is 4.74 Å². The zero-order chi connectivity index (χ0) is 11.3. The third-order valence-corrected chi connectivity index (χ3v) is 2.53. The molecule has 0 aliphatic heterocycles. The first-order chi connectivity index (χ1) is 7.15. The number of amides is 1. The van der Waals surface area contributed by atoms with Gasteiger partial charge in [0.05, 0.1) is 6.61 Å². The first kappa shape index (κ1) is 11.7. The zero-order valence-electron chi connectivity index (χ0n) is 8.73. The van der Waals surface area contributed by atoms with Crippen molar-refractivity contribution >= 4 is 23.2 Å². The first-order valence-corrected chi connectivity index (χ1v) is 5.52. The molecule has 1 rings (SSSR count). The number of ether oxygens (including phenoxy) is 1. The smallest absolute Gasteiger partial charge is 0.397 e. The van der Waals surface area contributed by atoms with Crippen LogP contribution in [0.25, 0.3) is 0 Å². The molecule has 0 unspecified atom stereocenters. The van der Waals surface area contributed by atoms with Crippen molar-refractivity contribution in [2.24, 2.45) is 0 Å². The number of nitrogens with zero attached hydrogens (tertiary/aromatic N) is 1. The molecule has 0 radical (unpaired) electrons. The van der Waals surface area contributed by atoms with Crippen molar-refractivity contribution < 1.29 is 14.3 Å². The van der Waals surface area contributed by atoms with Crippen LogP contribution in [0.15, 0.2) is 16.8 Å². The van der Waals surface area contributed by atoms with E-state index in [0.717, 1.165) is 5.56 Å². The molecule has 0 saturated heterocycles. The molecule has 0 N–H and O–H groups in total. The molecule has 4 nitrogen and oxygen atoms in total. The van der Waals surface area contributed by atoms with Crippen LogP contribution in [0.2, 0.25) is 0 Å². The highest BCUT2D eigenvalue weighted by Gasteiger charge is 2.19. The van der Waals surface area contributed by atoms with Gasteiger partial charge in [-0.1, -0.05) is 0 Å². The van der Waals surface area contributed by atoms with Gasteiger partial charge < -0.3 is 9.64 Å². The number of likely N-dealkylation sites (N-methyl/N-ethyl adjacent to an activating group) is 1. The summed E-state index contributed by atoms with van der Waals surface area (Å²) < 4.78 is 4.62. The van der Waals surface area contributed by atoms with Crippen molar-refractivity contribution in [3.8, 4) is 0 Å². The minimum atomic E-state index is -0.796. The summed E-state index contributed by atoms with van der Waals surface area (Å²) in [5.41, 5.74) is 1.01. The van der Waals surface area contributed by atoms with Crippen LogP contribution in [-0.4, -0.2) is 30.4 Å². The highest BCUT2D eigenvalue weighted by molar-refractivity contribution is 7.07. The molecule has 1 aromatic rings. The lowest BCUT2D eigenvalue weighted by Gasteiger charge is -2.14. The van der Waals surface area contributed by atoms with E-state index in [4.69, 9.17) is 0 Å². The molecular formula is C10H13NO3S. The SMILES string of the molecule is CCOC(=O)C(=O)N(C)Cc1ccsc1. The maximum atomic E-state index is 11.4. The molecule has 1 amide bonds. The fraction of sp³-hybridized carbons (Fsp3) is 0.400. The molecule has 0 aromatic carbocycles. The number of hydrogen-bond acceptors (Lipinski definition) is 4. The van der Waals surface area contributed by atoms with Crippen molar-refractivity contribution in [3.63, 3.8) is 0 Å². The van der Waals surface area contributed by atoms with Crippen LogP contribution in [0.4, 0.5) is 0 Å². The van der Waals surface area contributed by atoms with Gasteiger partial charge in [0.15, 0.2) is 0 Å². The Bertz CT molecular complexity index is 334. The molecule has 1 heterocycles. The fourth-order valence-corrected chi connectivity index (χ4v) is 1.74. The Kier molecular flexibility index (Phi) is 4.30. The third-order valence-electron chi connectivity index (χ3n) is 1.80. The molecule has 0 aliphatic carbocycles. The van der Waals surface area contributed by atoms with E-state index in [9.17, 15) is 9.59 Å². The maximum absolute atomic E-state index is 11.4. The van der Waals surface area contributed by atoms with E-state index in [1.165, 1.54) is 4.90 Å². The molecule has 1 aromatic heterocycles. The molecule has 0 atom stereocenters. The molecular weight excluding hydrogens is 214 g/mol. The third kappa shape index (κ3) is 3.36. The molecule has 82 valence electrons. The van der Waals surface area contributed by atoms with Gasteiger partial charge in [0.1, 0.15) is 0 Å². The summed E-state index contributed by atoms with van der Waals surface area (Å²) >= 11 is 1.56. The summed E-state index contributed by atoms with van der Waals surface area (Å²) in [7, 11) is 1.58. The number of carbonyl (C=O) groups is 2. The van der Waals surface area contributed by atoms with Crippen LogP contribution in [-0.2, 0) is 20.9 Å². The average Bonchev–Trinajstić information content (AvgIpc) is 2.69. The summed E-state index contributed by atoms with van der Waals surface area (Å²) in [6.45, 7) is 2.32. The highest BCUT2D eigenvalue weighted by atomic mass is 32.1. The lowest BCUT2D eigenvalue weighted by atomic mass is 10.3. The Labute approximate surface area is 92.5 Å². The second-order valence-electron chi connectivity index (χ2n) is 3.01. The fourth-order valence-electron chi connectivity index (χ4n) is 1.08. The van der Waals surface area contributed by atoms with Gasteiger partial charge in [-0.05, 0) is 29.3 Å². The Balaban J connectivity index is 2.50. The van der Waals surface area contributed by atoms with E-state index >= 15 is 0 Å². The first-order valence-electron chi connectivity index (χ1n) is 4.58. The number of esters is 1. The van der Waals surface area contributed by atoms with Crippen molar-refractivity contribution in [1.82, 2.24) is 4.90 Å². The molecule has 5 heteroatoms. The number of carbonyl (C=O) groups excluding carboxylic acids is 2. The molecule has 0 saturated carbocycles. The predicted molar refractivity (Wildman–Crippen MR) is 57.4 cm³/mol. The van der Waals surface area contributed by atoms with E-state index in [1.54, 1.807) is 25.3 Å². The van der Waals surface area contributed by atoms with Crippen LogP contribution >= 0.6 is 11.3 Å². The van der Waals surface area contributed by atoms with Crippen molar-refractivity contribution in [3.05, 3.63) is 22.4 Å². The predicted octanol–water partition coefficient (Wildman–Crippen LogP) is 1.27. The Morgan fingerprint density at radius 2 is 2.27 bits per heavy atom. The number of rotatable bonds is 3. The standard InChI is InChI=1S/C10H13NO3S/c1-3-14-10(13)9(12)11(2)6-8-4-5-15-7-8/h4-5,7H,3,6H2,1-2H3. The van der Waals surface area contributed by atoms with Crippen LogP contribution in [0.1, 0.15) is 12.5 Å². The molecule has 15 heavy (non-hydrogen) atoms. The average molecular weight is 227 g/mol. The van der Waals surface area contributed by atoms with Gasteiger partial charge in [-0.3, -0.25) is 4.79 Å². The molecule has 0 aliphatic rings. The second-order valence-corrected chi connectivity index (χ2v) is 3.79. The van der Waals surface area contributed by atoms with Crippen molar-refractivity contribution in [2.75, 3.05) is 13.7 Å². The summed E-state index contributed by atoms with van der Waals surface area (Å²) in [5.74, 6) is -1.40. The normalized spacial score (nSPS) is 9.73. The minimum Gasteiger partial charge on any atom is -0.459 e. The summed E-state index contributed by atoms with van der Waals surface area (Å²) in [6, 6.07) is 1.92. The molecule has 0 fully saturated rings. The zero-order valence-corrected chi connectivity index (χ0v) is 9.54. The van der Waals surface area contributed by atoms with Crippen LogP contribution in [0.5, 0.6) is 0 Å².